The zero-order chi connectivity index (χ0) is 27.0. The van der Waals surface area contributed by atoms with Crippen LogP contribution in [0.15, 0.2) is 83.8 Å². The average Bonchev–Trinajstić information content (AvgIpc) is 2.92. The first-order valence-corrected chi connectivity index (χ1v) is 13.8. The van der Waals surface area contributed by atoms with Crippen LogP contribution in [-0.4, -0.2) is 51.3 Å². The summed E-state index contributed by atoms with van der Waals surface area (Å²) >= 11 is 0. The molecule has 8 heteroatoms. The minimum atomic E-state index is -4.06. The lowest BCUT2D eigenvalue weighted by Crippen LogP contribution is -2.52. The molecule has 3 rings (SSSR count). The fourth-order valence-electron chi connectivity index (χ4n) is 4.30. The first-order valence-electron chi connectivity index (χ1n) is 12.4. The lowest BCUT2D eigenvalue weighted by Gasteiger charge is -2.33. The number of rotatable bonds is 11. The number of benzene rings is 3. The van der Waals surface area contributed by atoms with Crippen molar-refractivity contribution in [1.29, 1.82) is 0 Å². The highest BCUT2D eigenvalue weighted by molar-refractivity contribution is 7.92. The summed E-state index contributed by atoms with van der Waals surface area (Å²) in [7, 11) is -2.53. The van der Waals surface area contributed by atoms with Crippen molar-refractivity contribution in [3.05, 3.63) is 95.6 Å². The van der Waals surface area contributed by atoms with Crippen LogP contribution in [0.5, 0.6) is 0 Å². The number of carbonyl (C=O) groups excluding carboxylic acids is 2. The van der Waals surface area contributed by atoms with E-state index in [0.717, 1.165) is 16.7 Å². The SMILES string of the molecule is CC[C@@H](C(=O)NC)N(CCc1ccccc1)C(=O)CN(c1cccc(C)c1C)S(=O)(=O)c1ccccc1. The van der Waals surface area contributed by atoms with Gasteiger partial charge in [0, 0.05) is 13.6 Å². The first-order chi connectivity index (χ1) is 17.7. The summed E-state index contributed by atoms with van der Waals surface area (Å²) in [5.74, 6) is -0.722. The van der Waals surface area contributed by atoms with Crippen molar-refractivity contribution >= 4 is 27.5 Å². The summed E-state index contributed by atoms with van der Waals surface area (Å²) in [4.78, 5) is 28.2. The van der Waals surface area contributed by atoms with Gasteiger partial charge in [0.1, 0.15) is 12.6 Å². The van der Waals surface area contributed by atoms with Gasteiger partial charge in [-0.25, -0.2) is 8.42 Å². The van der Waals surface area contributed by atoms with Crippen LogP contribution in [0.4, 0.5) is 5.69 Å². The molecule has 0 spiro atoms. The topological polar surface area (TPSA) is 86.8 Å². The van der Waals surface area contributed by atoms with Crippen LogP contribution in [-0.2, 0) is 26.0 Å². The van der Waals surface area contributed by atoms with E-state index in [0.29, 0.717) is 18.5 Å². The second-order valence-corrected chi connectivity index (χ2v) is 10.8. The van der Waals surface area contributed by atoms with Gasteiger partial charge in [0.2, 0.25) is 11.8 Å². The molecular weight excluding hydrogens is 486 g/mol. The van der Waals surface area contributed by atoms with E-state index in [2.05, 4.69) is 5.32 Å². The first kappa shape index (κ1) is 27.9. The molecule has 0 radical (unpaired) electrons. The van der Waals surface area contributed by atoms with E-state index in [4.69, 9.17) is 0 Å². The molecule has 0 aromatic heterocycles. The largest absolute Gasteiger partial charge is 0.357 e. The van der Waals surface area contributed by atoms with Gasteiger partial charge in [-0.3, -0.25) is 13.9 Å². The number of hydrogen-bond donors (Lipinski definition) is 1. The van der Waals surface area contributed by atoms with Crippen LogP contribution in [0.2, 0.25) is 0 Å². The van der Waals surface area contributed by atoms with Crippen molar-refractivity contribution in [1.82, 2.24) is 10.2 Å². The molecule has 0 fully saturated rings. The Kier molecular flexibility index (Phi) is 9.47. The smallest absolute Gasteiger partial charge is 0.264 e. The Hall–Kier alpha value is -3.65. The maximum atomic E-state index is 13.9. The summed E-state index contributed by atoms with van der Waals surface area (Å²) in [6.07, 6.45) is 0.935. The molecule has 3 aromatic rings. The van der Waals surface area contributed by atoms with Gasteiger partial charge >= 0.3 is 0 Å². The molecule has 0 aliphatic rings. The van der Waals surface area contributed by atoms with Crippen molar-refractivity contribution in [2.45, 2.75) is 44.6 Å². The number of likely N-dealkylation sites (N-methyl/N-ethyl adjacent to an activating group) is 1. The standard InChI is InChI=1S/C29H35N3O4S/c1-5-26(29(34)30-4)31(20-19-24-14-8-6-9-15-24)28(33)21-32(27-18-12-13-22(2)23(27)3)37(35,36)25-16-10-7-11-17-25/h6-18,26H,5,19-21H2,1-4H3,(H,30,34)/t26-/m0/s1. The number of amides is 2. The van der Waals surface area contributed by atoms with E-state index in [1.807, 2.05) is 57.2 Å². The van der Waals surface area contributed by atoms with E-state index in [1.165, 1.54) is 28.4 Å². The van der Waals surface area contributed by atoms with Gasteiger partial charge in [-0.2, -0.15) is 0 Å². The average molecular weight is 522 g/mol. The summed E-state index contributed by atoms with van der Waals surface area (Å²) in [6, 6.07) is 22.4. The van der Waals surface area contributed by atoms with Gasteiger partial charge in [0.25, 0.3) is 10.0 Å². The Balaban J connectivity index is 2.03. The molecule has 7 nitrogen and oxygen atoms in total. The van der Waals surface area contributed by atoms with Gasteiger partial charge in [-0.15, -0.1) is 0 Å². The fraction of sp³-hybridized carbons (Fsp3) is 0.310. The van der Waals surface area contributed by atoms with Gasteiger partial charge in [0.05, 0.1) is 10.6 Å². The van der Waals surface area contributed by atoms with Crippen LogP contribution in [0, 0.1) is 13.8 Å². The molecule has 1 atom stereocenters. The molecule has 196 valence electrons. The molecular formula is C29H35N3O4S. The molecule has 2 amide bonds. The predicted molar refractivity (Wildman–Crippen MR) is 147 cm³/mol. The summed E-state index contributed by atoms with van der Waals surface area (Å²) < 4.78 is 28.8. The zero-order valence-electron chi connectivity index (χ0n) is 21.8. The van der Waals surface area contributed by atoms with E-state index in [9.17, 15) is 18.0 Å². The van der Waals surface area contributed by atoms with E-state index in [1.54, 1.807) is 30.3 Å². The van der Waals surface area contributed by atoms with Crippen LogP contribution >= 0.6 is 0 Å². The fourth-order valence-corrected chi connectivity index (χ4v) is 5.79. The third kappa shape index (κ3) is 6.57. The zero-order valence-corrected chi connectivity index (χ0v) is 22.7. The molecule has 0 unspecified atom stereocenters. The van der Waals surface area contributed by atoms with Crippen LogP contribution in [0.1, 0.15) is 30.0 Å². The van der Waals surface area contributed by atoms with E-state index < -0.39 is 28.5 Å². The molecule has 37 heavy (non-hydrogen) atoms. The minimum Gasteiger partial charge on any atom is -0.357 e. The summed E-state index contributed by atoms with van der Waals surface area (Å²) in [6.45, 7) is 5.44. The monoisotopic (exact) mass is 521 g/mol. The third-order valence-corrected chi connectivity index (χ3v) is 8.35. The molecule has 0 aliphatic heterocycles. The molecule has 1 N–H and O–H groups in total. The van der Waals surface area contributed by atoms with Crippen LogP contribution in [0.3, 0.4) is 0 Å². The molecule has 0 bridgehead atoms. The van der Waals surface area contributed by atoms with Crippen LogP contribution < -0.4 is 9.62 Å². The normalized spacial score (nSPS) is 12.0. The Morgan fingerprint density at radius 2 is 1.51 bits per heavy atom. The van der Waals surface area contributed by atoms with Crippen LogP contribution in [0.25, 0.3) is 0 Å². The number of sulfonamides is 1. The molecule has 3 aromatic carbocycles. The Labute approximate surface area is 220 Å². The van der Waals surface area contributed by atoms with Gasteiger partial charge in [0.15, 0.2) is 0 Å². The molecule has 0 saturated heterocycles. The van der Waals surface area contributed by atoms with E-state index in [-0.39, 0.29) is 17.3 Å². The predicted octanol–water partition coefficient (Wildman–Crippen LogP) is 4.09. The highest BCUT2D eigenvalue weighted by Crippen LogP contribution is 2.29. The van der Waals surface area contributed by atoms with E-state index >= 15 is 0 Å². The third-order valence-electron chi connectivity index (χ3n) is 6.57. The van der Waals surface area contributed by atoms with Crippen molar-refractivity contribution in [2.75, 3.05) is 24.4 Å². The Bertz CT molecular complexity index is 1310. The van der Waals surface area contributed by atoms with Crippen molar-refractivity contribution in [3.63, 3.8) is 0 Å². The van der Waals surface area contributed by atoms with Gasteiger partial charge < -0.3 is 10.2 Å². The second kappa shape index (κ2) is 12.5. The van der Waals surface area contributed by atoms with Crippen molar-refractivity contribution < 1.29 is 18.0 Å². The highest BCUT2D eigenvalue weighted by Gasteiger charge is 2.33. The Morgan fingerprint density at radius 1 is 0.892 bits per heavy atom. The molecule has 0 aliphatic carbocycles. The maximum absolute atomic E-state index is 13.9. The molecule has 0 heterocycles. The summed E-state index contributed by atoms with van der Waals surface area (Å²) in [5.41, 5.74) is 3.14. The number of carbonyl (C=O) groups is 2. The number of hydrogen-bond acceptors (Lipinski definition) is 4. The number of anilines is 1. The van der Waals surface area contributed by atoms with Crippen molar-refractivity contribution in [3.8, 4) is 0 Å². The quantitative estimate of drug-likeness (QED) is 0.412. The lowest BCUT2D eigenvalue weighted by atomic mass is 10.1. The second-order valence-electron chi connectivity index (χ2n) is 8.90. The number of nitrogens with one attached hydrogen (secondary N) is 1. The van der Waals surface area contributed by atoms with Gasteiger partial charge in [-0.05, 0) is 61.6 Å². The molecule has 0 saturated carbocycles. The lowest BCUT2D eigenvalue weighted by molar-refractivity contribution is -0.139. The summed E-state index contributed by atoms with van der Waals surface area (Å²) in [5, 5.41) is 2.64. The highest BCUT2D eigenvalue weighted by atomic mass is 32.2. The maximum Gasteiger partial charge on any atom is 0.264 e. The minimum absolute atomic E-state index is 0.0953. The Morgan fingerprint density at radius 3 is 2.11 bits per heavy atom. The van der Waals surface area contributed by atoms with Gasteiger partial charge in [-0.1, -0.05) is 67.6 Å². The van der Waals surface area contributed by atoms with Crippen molar-refractivity contribution in [2.24, 2.45) is 0 Å². The number of aryl methyl sites for hydroxylation is 1. The number of nitrogens with zero attached hydrogens (tertiary/aromatic N) is 2.